The van der Waals surface area contributed by atoms with Crippen LogP contribution in [-0.4, -0.2) is 43.3 Å². The van der Waals surface area contributed by atoms with Crippen molar-refractivity contribution in [2.24, 2.45) is 11.8 Å². The highest BCUT2D eigenvalue weighted by Crippen LogP contribution is 2.30. The van der Waals surface area contributed by atoms with Crippen LogP contribution in [0, 0.1) is 11.8 Å². The standard InChI is InChI=1S/C18H33N3O3/c1-18(2,3)24-17(23)21-15(9-13-5-4-6-13)11-19-12-16(22)20-10-14-7-8-14/h13-15,19H,4-12H2,1-3H3,(H,20,22)(H,21,23). The summed E-state index contributed by atoms with van der Waals surface area (Å²) in [6.45, 7) is 7.25. The Morgan fingerprint density at radius 2 is 1.83 bits per heavy atom. The maximum absolute atomic E-state index is 12.0. The summed E-state index contributed by atoms with van der Waals surface area (Å²) in [6, 6.07) is 0.00128. The van der Waals surface area contributed by atoms with E-state index in [-0.39, 0.29) is 18.0 Å². The summed E-state index contributed by atoms with van der Waals surface area (Å²) < 4.78 is 5.34. The zero-order valence-electron chi connectivity index (χ0n) is 15.3. The van der Waals surface area contributed by atoms with Gasteiger partial charge in [0, 0.05) is 19.1 Å². The van der Waals surface area contributed by atoms with Crippen LogP contribution in [0.4, 0.5) is 4.79 Å². The van der Waals surface area contributed by atoms with Crippen LogP contribution >= 0.6 is 0 Å². The van der Waals surface area contributed by atoms with E-state index in [2.05, 4.69) is 16.0 Å². The molecule has 2 saturated carbocycles. The molecule has 0 heterocycles. The maximum atomic E-state index is 12.0. The topological polar surface area (TPSA) is 79.5 Å². The fraction of sp³-hybridized carbons (Fsp3) is 0.889. The van der Waals surface area contributed by atoms with E-state index in [0.717, 1.165) is 13.0 Å². The minimum absolute atomic E-state index is 0.00128. The molecule has 1 atom stereocenters. The van der Waals surface area contributed by atoms with Crippen LogP contribution in [0.1, 0.15) is 59.3 Å². The summed E-state index contributed by atoms with van der Waals surface area (Å²) in [5, 5.41) is 9.06. The van der Waals surface area contributed by atoms with E-state index in [4.69, 9.17) is 4.74 Å². The highest BCUT2D eigenvalue weighted by Gasteiger charge is 2.25. The van der Waals surface area contributed by atoms with Crippen molar-refractivity contribution >= 4 is 12.0 Å². The van der Waals surface area contributed by atoms with Crippen LogP contribution in [0.15, 0.2) is 0 Å². The average molecular weight is 339 g/mol. The lowest BCUT2D eigenvalue weighted by Gasteiger charge is -2.31. The van der Waals surface area contributed by atoms with Crippen molar-refractivity contribution < 1.29 is 14.3 Å². The van der Waals surface area contributed by atoms with E-state index < -0.39 is 5.60 Å². The minimum Gasteiger partial charge on any atom is -0.444 e. The molecule has 2 amide bonds. The molecule has 3 N–H and O–H groups in total. The number of ether oxygens (including phenoxy) is 1. The van der Waals surface area contributed by atoms with E-state index in [0.29, 0.717) is 24.9 Å². The Kier molecular flexibility index (Phi) is 6.90. The third-order valence-electron chi connectivity index (χ3n) is 4.52. The molecule has 6 heteroatoms. The third kappa shape index (κ3) is 7.99. The zero-order chi connectivity index (χ0) is 17.6. The van der Waals surface area contributed by atoms with E-state index >= 15 is 0 Å². The summed E-state index contributed by atoms with van der Waals surface area (Å²) in [5.41, 5.74) is -0.499. The van der Waals surface area contributed by atoms with Crippen molar-refractivity contribution in [3.05, 3.63) is 0 Å². The number of carbonyl (C=O) groups excluding carboxylic acids is 2. The van der Waals surface area contributed by atoms with Gasteiger partial charge in [-0.25, -0.2) is 4.79 Å². The van der Waals surface area contributed by atoms with Gasteiger partial charge >= 0.3 is 6.09 Å². The van der Waals surface area contributed by atoms with Crippen molar-refractivity contribution in [2.45, 2.75) is 70.9 Å². The van der Waals surface area contributed by atoms with Crippen LogP contribution in [0.2, 0.25) is 0 Å². The SMILES string of the molecule is CC(C)(C)OC(=O)NC(CNCC(=O)NCC1CC1)CC1CCC1. The van der Waals surface area contributed by atoms with Gasteiger partial charge in [0.1, 0.15) is 5.60 Å². The largest absolute Gasteiger partial charge is 0.444 e. The van der Waals surface area contributed by atoms with Gasteiger partial charge in [0.05, 0.1) is 6.54 Å². The predicted molar refractivity (Wildman–Crippen MR) is 93.7 cm³/mol. The molecule has 24 heavy (non-hydrogen) atoms. The Balaban J connectivity index is 1.68. The third-order valence-corrected chi connectivity index (χ3v) is 4.52. The van der Waals surface area contributed by atoms with Gasteiger partial charge in [0.2, 0.25) is 5.91 Å². The van der Waals surface area contributed by atoms with Crippen molar-refractivity contribution in [1.82, 2.24) is 16.0 Å². The predicted octanol–water partition coefficient (Wildman–Crippen LogP) is 2.19. The number of hydrogen-bond acceptors (Lipinski definition) is 4. The average Bonchev–Trinajstić information content (AvgIpc) is 3.22. The van der Waals surface area contributed by atoms with Gasteiger partial charge in [-0.3, -0.25) is 4.79 Å². The number of nitrogens with one attached hydrogen (secondary N) is 3. The molecule has 0 radical (unpaired) electrons. The second-order valence-corrected chi connectivity index (χ2v) is 8.25. The Labute approximate surface area is 145 Å². The van der Waals surface area contributed by atoms with Gasteiger partial charge in [0.25, 0.3) is 0 Å². The smallest absolute Gasteiger partial charge is 0.407 e. The fourth-order valence-corrected chi connectivity index (χ4v) is 2.80. The first-order valence-corrected chi connectivity index (χ1v) is 9.29. The number of carbonyl (C=O) groups is 2. The lowest BCUT2D eigenvalue weighted by Crippen LogP contribution is -2.47. The molecule has 0 saturated heterocycles. The summed E-state index contributed by atoms with van der Waals surface area (Å²) in [5.74, 6) is 1.39. The van der Waals surface area contributed by atoms with E-state index in [1.807, 2.05) is 20.8 Å². The molecule has 0 aromatic heterocycles. The molecule has 2 rings (SSSR count). The number of amides is 2. The lowest BCUT2D eigenvalue weighted by molar-refractivity contribution is -0.120. The molecular formula is C18H33N3O3. The normalized spacial score (nSPS) is 19.3. The molecule has 2 aliphatic carbocycles. The molecule has 1 unspecified atom stereocenters. The number of hydrogen-bond donors (Lipinski definition) is 3. The van der Waals surface area contributed by atoms with Crippen molar-refractivity contribution in [3.8, 4) is 0 Å². The molecule has 138 valence electrons. The molecule has 6 nitrogen and oxygen atoms in total. The van der Waals surface area contributed by atoms with Crippen molar-refractivity contribution in [1.29, 1.82) is 0 Å². The summed E-state index contributed by atoms with van der Waals surface area (Å²) >= 11 is 0. The molecule has 0 spiro atoms. The molecule has 0 aromatic rings. The Morgan fingerprint density at radius 3 is 2.38 bits per heavy atom. The van der Waals surface area contributed by atoms with Gasteiger partial charge in [-0.15, -0.1) is 0 Å². The molecule has 0 aromatic carbocycles. The van der Waals surface area contributed by atoms with E-state index in [1.54, 1.807) is 0 Å². The first-order valence-electron chi connectivity index (χ1n) is 9.29. The lowest BCUT2D eigenvalue weighted by atomic mass is 9.81. The Morgan fingerprint density at radius 1 is 1.12 bits per heavy atom. The van der Waals surface area contributed by atoms with Crippen LogP contribution in [-0.2, 0) is 9.53 Å². The van der Waals surface area contributed by atoms with E-state index in [1.165, 1.54) is 32.1 Å². The summed E-state index contributed by atoms with van der Waals surface area (Å²) in [4.78, 5) is 23.8. The molecule has 2 aliphatic rings. The van der Waals surface area contributed by atoms with Crippen LogP contribution < -0.4 is 16.0 Å². The van der Waals surface area contributed by atoms with Crippen LogP contribution in [0.5, 0.6) is 0 Å². The van der Waals surface area contributed by atoms with Gasteiger partial charge in [-0.1, -0.05) is 19.3 Å². The maximum Gasteiger partial charge on any atom is 0.407 e. The minimum atomic E-state index is -0.499. The molecule has 0 bridgehead atoms. The second-order valence-electron chi connectivity index (χ2n) is 8.25. The number of alkyl carbamates (subject to hydrolysis) is 1. The molecular weight excluding hydrogens is 306 g/mol. The first-order chi connectivity index (χ1) is 11.3. The highest BCUT2D eigenvalue weighted by molar-refractivity contribution is 5.78. The van der Waals surface area contributed by atoms with Gasteiger partial charge in [-0.05, 0) is 51.9 Å². The first kappa shape index (κ1) is 19.0. The van der Waals surface area contributed by atoms with Crippen molar-refractivity contribution in [2.75, 3.05) is 19.6 Å². The summed E-state index contributed by atoms with van der Waals surface area (Å²) in [7, 11) is 0. The fourth-order valence-electron chi connectivity index (χ4n) is 2.80. The van der Waals surface area contributed by atoms with Gasteiger partial charge in [0.15, 0.2) is 0 Å². The van der Waals surface area contributed by atoms with Crippen molar-refractivity contribution in [3.63, 3.8) is 0 Å². The van der Waals surface area contributed by atoms with Gasteiger partial charge in [-0.2, -0.15) is 0 Å². The molecule has 2 fully saturated rings. The quantitative estimate of drug-likeness (QED) is 0.601. The Hall–Kier alpha value is -1.30. The highest BCUT2D eigenvalue weighted by atomic mass is 16.6. The molecule has 0 aliphatic heterocycles. The second kappa shape index (κ2) is 8.70. The van der Waals surface area contributed by atoms with Crippen LogP contribution in [0.25, 0.3) is 0 Å². The van der Waals surface area contributed by atoms with Crippen LogP contribution in [0.3, 0.4) is 0 Å². The van der Waals surface area contributed by atoms with Gasteiger partial charge < -0.3 is 20.7 Å². The Bertz CT molecular complexity index is 426. The monoisotopic (exact) mass is 339 g/mol. The van der Waals surface area contributed by atoms with E-state index in [9.17, 15) is 9.59 Å². The zero-order valence-corrected chi connectivity index (χ0v) is 15.3. The summed E-state index contributed by atoms with van der Waals surface area (Å²) in [6.07, 6.45) is 6.76. The number of rotatable bonds is 9.